The van der Waals surface area contributed by atoms with Gasteiger partial charge in [0.25, 0.3) is 0 Å². The molecule has 0 aliphatic carbocycles. The van der Waals surface area contributed by atoms with E-state index in [2.05, 4.69) is 60.4 Å². The summed E-state index contributed by atoms with van der Waals surface area (Å²) in [6.45, 7) is 0. The first-order chi connectivity index (χ1) is 13.5. The molecule has 3 aromatic heterocycles. The molecule has 2 aliphatic rings. The number of H-pyrrole nitrogens is 2. The minimum atomic E-state index is -0.938. The monoisotopic (exact) mass is 419 g/mol. The number of hydrogen-bond acceptors (Lipinski definition) is 4. The zero-order chi connectivity index (χ0) is 19.5. The van der Waals surface area contributed by atoms with Gasteiger partial charge in [0.1, 0.15) is 0 Å². The van der Waals surface area contributed by atoms with E-state index in [1.54, 1.807) is 0 Å². The third-order valence-corrected chi connectivity index (χ3v) is 4.04. The Morgan fingerprint density at radius 3 is 1.18 bits per heavy atom. The standard InChI is InChI=1S/C20H14N4.Cu.NO2/c1-2-14-10-16-5-6-18(23-16)12-20-8-7-19(24-20)11-17-4-3-15(22-17)9-13(1)21-14;;2-1-3/h1-12,21,24H;;. The van der Waals surface area contributed by atoms with Crippen LogP contribution in [0.25, 0.3) is 46.4 Å². The van der Waals surface area contributed by atoms with Crippen molar-refractivity contribution >= 4 is 46.4 Å². The fourth-order valence-corrected chi connectivity index (χ4v) is 2.94. The van der Waals surface area contributed by atoms with E-state index in [0.29, 0.717) is 0 Å². The Labute approximate surface area is 168 Å². The molecule has 3 aromatic rings. The molecule has 5 rings (SSSR count). The van der Waals surface area contributed by atoms with Crippen molar-refractivity contribution in [3.8, 4) is 0 Å². The molecule has 8 bridgehead atoms. The van der Waals surface area contributed by atoms with E-state index >= 15 is 0 Å². The Kier molecular flexibility index (Phi) is 4.88. The summed E-state index contributed by atoms with van der Waals surface area (Å²) in [4.78, 5) is 24.6. The van der Waals surface area contributed by atoms with Crippen LogP contribution in [0.1, 0.15) is 22.8 Å². The molecule has 0 aromatic carbocycles. The number of aromatic amines is 2. The zero-order valence-corrected chi connectivity index (χ0v) is 15.3. The molecule has 8 heteroatoms. The van der Waals surface area contributed by atoms with E-state index in [0.717, 1.165) is 44.8 Å². The Hall–Kier alpha value is -3.48. The van der Waals surface area contributed by atoms with Gasteiger partial charge in [-0.15, -0.1) is 0 Å². The van der Waals surface area contributed by atoms with Gasteiger partial charge in [-0.25, -0.2) is 9.97 Å². The van der Waals surface area contributed by atoms with Gasteiger partial charge in [-0.3, -0.25) is 0 Å². The second kappa shape index (κ2) is 7.64. The van der Waals surface area contributed by atoms with Crippen molar-refractivity contribution < 1.29 is 20.2 Å². The molecule has 0 saturated carbocycles. The first-order valence-electron chi connectivity index (χ1n) is 8.35. The van der Waals surface area contributed by atoms with Gasteiger partial charge in [-0.1, -0.05) is 0 Å². The van der Waals surface area contributed by atoms with Gasteiger partial charge in [-0.2, -0.15) is 0 Å². The summed E-state index contributed by atoms with van der Waals surface area (Å²) in [5.74, 6) is 0. The van der Waals surface area contributed by atoms with Gasteiger partial charge in [0.05, 0.1) is 22.8 Å². The number of nitro groups is 1. The number of nitrogens with zero attached hydrogens (tertiary/aromatic N) is 3. The first-order valence-corrected chi connectivity index (χ1v) is 8.77. The van der Waals surface area contributed by atoms with Crippen LogP contribution >= 0.6 is 0 Å². The predicted octanol–water partition coefficient (Wildman–Crippen LogP) is 4.38. The van der Waals surface area contributed by atoms with Gasteiger partial charge in [0.2, 0.25) is 0 Å². The number of rotatable bonds is 0. The molecule has 0 amide bonds. The number of aromatic nitrogens is 4. The number of hydrogen-bond donors (Lipinski definition) is 2. The van der Waals surface area contributed by atoms with Crippen LogP contribution in [-0.4, -0.2) is 23.9 Å². The fourth-order valence-electron chi connectivity index (χ4n) is 2.94. The van der Waals surface area contributed by atoms with Crippen molar-refractivity contribution in [1.29, 1.82) is 0 Å². The zero-order valence-electron chi connectivity index (χ0n) is 14.4. The Balaban J connectivity index is 0.000000442. The van der Waals surface area contributed by atoms with Crippen molar-refractivity contribution in [1.82, 2.24) is 19.9 Å². The molecular formula is C20H14CuN5O2. The summed E-state index contributed by atoms with van der Waals surface area (Å²) in [6, 6.07) is 16.4. The van der Waals surface area contributed by atoms with Gasteiger partial charge in [-0.05, 0) is 72.8 Å². The number of nitrogens with one attached hydrogen (secondary N) is 2. The fraction of sp³-hybridized carbons (Fsp3) is 0. The molecule has 7 nitrogen and oxygen atoms in total. The second-order valence-corrected chi connectivity index (χ2v) is 6.43. The van der Waals surface area contributed by atoms with Crippen molar-refractivity contribution in [3.05, 3.63) is 81.4 Å². The maximum atomic E-state index is 8.61. The Morgan fingerprint density at radius 1 is 0.679 bits per heavy atom. The third-order valence-electron chi connectivity index (χ3n) is 4.04. The molecule has 5 heterocycles. The van der Waals surface area contributed by atoms with Crippen molar-refractivity contribution in [2.75, 3.05) is 0 Å². The van der Waals surface area contributed by atoms with Crippen LogP contribution in [0.4, 0.5) is 0 Å². The van der Waals surface area contributed by atoms with E-state index < -0.39 is 3.94 Å². The van der Waals surface area contributed by atoms with E-state index in [9.17, 15) is 0 Å². The van der Waals surface area contributed by atoms with Crippen LogP contribution in [0.2, 0.25) is 0 Å². The Bertz CT molecular complexity index is 1090. The Morgan fingerprint density at radius 2 is 0.929 bits per heavy atom. The normalized spacial score (nSPS) is 11.8. The number of fused-ring (bicyclic) bond motifs is 8. The maximum absolute atomic E-state index is 8.61. The quantitative estimate of drug-likeness (QED) is 0.221. The molecular weight excluding hydrogens is 406 g/mol. The molecule has 2 N–H and O–H groups in total. The van der Waals surface area contributed by atoms with Gasteiger partial charge in [0.15, 0.2) is 0 Å². The summed E-state index contributed by atoms with van der Waals surface area (Å²) in [5, 5.41) is 8.61. The molecule has 0 saturated heterocycles. The van der Waals surface area contributed by atoms with Gasteiger partial charge >= 0.3 is 30.3 Å². The van der Waals surface area contributed by atoms with Crippen LogP contribution in [-0.2, 0) is 16.2 Å². The van der Waals surface area contributed by atoms with Crippen LogP contribution in [0.15, 0.2) is 48.5 Å². The van der Waals surface area contributed by atoms with Gasteiger partial charge < -0.3 is 9.97 Å². The molecule has 0 radical (unpaired) electrons. The first kappa shape index (κ1) is 17.9. The van der Waals surface area contributed by atoms with E-state index in [1.165, 1.54) is 0 Å². The third kappa shape index (κ3) is 4.43. The SMILES string of the molecule is C1=Cc2cc3ccc(cc4nc(cc5ccc(cc1n2)[nH]5)C=C4)[nH]3.O=[N+]([O-])[Cu]. The molecule has 0 fully saturated rings. The van der Waals surface area contributed by atoms with Crippen LogP contribution in [0.3, 0.4) is 0 Å². The van der Waals surface area contributed by atoms with Crippen LogP contribution in [0, 0.1) is 10.1 Å². The van der Waals surface area contributed by atoms with E-state index in [-0.39, 0.29) is 0 Å². The summed E-state index contributed by atoms with van der Waals surface area (Å²) in [5.41, 5.74) is 7.86. The molecule has 0 atom stereocenters. The molecule has 2 aliphatic heterocycles. The van der Waals surface area contributed by atoms with Crippen LogP contribution in [0.5, 0.6) is 0 Å². The van der Waals surface area contributed by atoms with Gasteiger partial charge in [0, 0.05) is 22.1 Å². The molecule has 142 valence electrons. The predicted molar refractivity (Wildman–Crippen MR) is 106 cm³/mol. The molecule has 28 heavy (non-hydrogen) atoms. The molecule has 0 spiro atoms. The average molecular weight is 420 g/mol. The van der Waals surface area contributed by atoms with Crippen LogP contribution < -0.4 is 0 Å². The van der Waals surface area contributed by atoms with Crippen molar-refractivity contribution in [3.63, 3.8) is 0 Å². The summed E-state index contributed by atoms with van der Waals surface area (Å²) in [6.07, 6.45) is 8.09. The minimum absolute atomic E-state index is 0.938. The average Bonchev–Trinajstić information content (AvgIpc) is 3.39. The molecule has 0 unspecified atom stereocenters. The van der Waals surface area contributed by atoms with E-state index in [4.69, 9.17) is 10.1 Å². The topological polar surface area (TPSA) is 101 Å². The summed E-state index contributed by atoms with van der Waals surface area (Å²) < 4.78 is -0.938. The summed E-state index contributed by atoms with van der Waals surface area (Å²) >= 11 is 3.47. The summed E-state index contributed by atoms with van der Waals surface area (Å²) in [7, 11) is 0. The van der Waals surface area contributed by atoms with Crippen molar-refractivity contribution in [2.45, 2.75) is 0 Å². The van der Waals surface area contributed by atoms with E-state index in [1.807, 2.05) is 48.6 Å². The second-order valence-electron chi connectivity index (χ2n) is 6.09. The van der Waals surface area contributed by atoms with Crippen molar-refractivity contribution in [2.24, 2.45) is 0 Å².